The molecule has 2 nitrogen and oxygen atoms in total. The number of hydrogen-bond acceptors (Lipinski definition) is 2. The Labute approximate surface area is 125 Å². The Hall–Kier alpha value is -1.16. The van der Waals surface area contributed by atoms with Gasteiger partial charge in [0.2, 0.25) is 0 Å². The van der Waals surface area contributed by atoms with Gasteiger partial charge in [-0.3, -0.25) is 0 Å². The zero-order chi connectivity index (χ0) is 14.8. The van der Waals surface area contributed by atoms with Crippen LogP contribution >= 0.6 is 0 Å². The topological polar surface area (TPSA) is 15.3 Å². The summed E-state index contributed by atoms with van der Waals surface area (Å²) in [5.41, 5.74) is 0.795. The van der Waals surface area contributed by atoms with Gasteiger partial charge >= 0.3 is 0 Å². The van der Waals surface area contributed by atoms with Crippen molar-refractivity contribution in [1.29, 1.82) is 0 Å². The highest BCUT2D eigenvalue weighted by Crippen LogP contribution is 2.30. The second-order valence-corrected chi connectivity index (χ2v) is 6.51. The Morgan fingerprint density at radius 3 is 2.57 bits per heavy atom. The Balaban J connectivity index is 1.74. The van der Waals surface area contributed by atoms with Crippen molar-refractivity contribution in [2.75, 3.05) is 18.0 Å². The summed E-state index contributed by atoms with van der Waals surface area (Å²) < 4.78 is 26.6. The molecule has 0 aromatic heterocycles. The van der Waals surface area contributed by atoms with E-state index in [0.717, 1.165) is 24.7 Å². The third-order valence-corrected chi connectivity index (χ3v) is 5.05. The van der Waals surface area contributed by atoms with Crippen LogP contribution in [0.5, 0.6) is 0 Å². The highest BCUT2D eigenvalue weighted by atomic mass is 19.2. The molecule has 2 fully saturated rings. The minimum absolute atomic E-state index is 0.301. The van der Waals surface area contributed by atoms with E-state index in [-0.39, 0.29) is 0 Å². The van der Waals surface area contributed by atoms with Gasteiger partial charge in [0, 0.05) is 36.9 Å². The van der Waals surface area contributed by atoms with Gasteiger partial charge in [0.05, 0.1) is 0 Å². The molecular formula is C17H24F2N2. The van der Waals surface area contributed by atoms with Crippen LogP contribution in [0.1, 0.15) is 39.0 Å². The first-order valence-corrected chi connectivity index (χ1v) is 8.10. The van der Waals surface area contributed by atoms with E-state index < -0.39 is 11.6 Å². The normalized spacial score (nSPS) is 27.9. The SMILES string of the molecule is CC1CNC(C2CCCCC2)CN1c1ccc(F)c(F)c1. The van der Waals surface area contributed by atoms with E-state index >= 15 is 0 Å². The second kappa shape index (κ2) is 6.30. The van der Waals surface area contributed by atoms with Gasteiger partial charge in [0.1, 0.15) is 0 Å². The zero-order valence-corrected chi connectivity index (χ0v) is 12.6. The van der Waals surface area contributed by atoms with Crippen molar-refractivity contribution < 1.29 is 8.78 Å². The van der Waals surface area contributed by atoms with Gasteiger partial charge in [0.25, 0.3) is 0 Å². The zero-order valence-electron chi connectivity index (χ0n) is 12.6. The van der Waals surface area contributed by atoms with Gasteiger partial charge in [-0.2, -0.15) is 0 Å². The van der Waals surface area contributed by atoms with E-state index in [1.165, 1.54) is 44.2 Å². The van der Waals surface area contributed by atoms with Crippen molar-refractivity contribution in [1.82, 2.24) is 5.32 Å². The lowest BCUT2D eigenvalue weighted by atomic mass is 9.82. The molecule has 4 heteroatoms. The number of anilines is 1. The number of piperazine rings is 1. The maximum Gasteiger partial charge on any atom is 0.160 e. The largest absolute Gasteiger partial charge is 0.366 e. The average Bonchev–Trinajstić information content (AvgIpc) is 2.51. The van der Waals surface area contributed by atoms with Crippen LogP contribution < -0.4 is 10.2 Å². The number of benzene rings is 1. The summed E-state index contributed by atoms with van der Waals surface area (Å²) in [6.07, 6.45) is 6.58. The molecule has 2 unspecified atom stereocenters. The summed E-state index contributed by atoms with van der Waals surface area (Å²) in [4.78, 5) is 2.22. The van der Waals surface area contributed by atoms with Gasteiger partial charge in [-0.05, 0) is 37.8 Å². The molecule has 1 aromatic carbocycles. The molecule has 1 saturated heterocycles. The summed E-state index contributed by atoms with van der Waals surface area (Å²) in [6, 6.07) is 5.02. The van der Waals surface area contributed by atoms with E-state index in [2.05, 4.69) is 17.1 Å². The molecule has 2 atom stereocenters. The first-order valence-electron chi connectivity index (χ1n) is 8.10. The first kappa shape index (κ1) is 14.8. The van der Waals surface area contributed by atoms with Gasteiger partial charge in [-0.25, -0.2) is 8.78 Å². The summed E-state index contributed by atoms with van der Waals surface area (Å²) in [7, 11) is 0. The number of hydrogen-bond donors (Lipinski definition) is 1. The van der Waals surface area contributed by atoms with E-state index in [1.807, 2.05) is 0 Å². The standard InChI is InChI=1S/C17H24F2N2/c1-12-10-20-17(13-5-3-2-4-6-13)11-21(12)14-7-8-15(18)16(19)9-14/h7-9,12-13,17,20H,2-6,10-11H2,1H3. The quantitative estimate of drug-likeness (QED) is 0.894. The molecule has 0 bridgehead atoms. The molecule has 3 rings (SSSR count). The molecule has 0 spiro atoms. The fourth-order valence-corrected chi connectivity index (χ4v) is 3.76. The molecule has 21 heavy (non-hydrogen) atoms. The fraction of sp³-hybridized carbons (Fsp3) is 0.647. The lowest BCUT2D eigenvalue weighted by molar-refractivity contribution is 0.245. The van der Waals surface area contributed by atoms with Crippen LogP contribution in [0.3, 0.4) is 0 Å². The van der Waals surface area contributed by atoms with Crippen LogP contribution in [-0.4, -0.2) is 25.2 Å². The Kier molecular flexibility index (Phi) is 4.43. The van der Waals surface area contributed by atoms with Crippen molar-refractivity contribution in [2.45, 2.75) is 51.1 Å². The first-order chi connectivity index (χ1) is 10.1. The second-order valence-electron chi connectivity index (χ2n) is 6.51. The summed E-state index contributed by atoms with van der Waals surface area (Å²) in [5, 5.41) is 3.65. The van der Waals surface area contributed by atoms with Crippen molar-refractivity contribution in [3.8, 4) is 0 Å². The number of halogens is 2. The lowest BCUT2D eigenvalue weighted by Gasteiger charge is -2.44. The molecule has 2 aliphatic rings. The van der Waals surface area contributed by atoms with Crippen molar-refractivity contribution in [3.05, 3.63) is 29.8 Å². The summed E-state index contributed by atoms with van der Waals surface area (Å²) in [6.45, 7) is 3.92. The number of nitrogens with one attached hydrogen (secondary N) is 1. The van der Waals surface area contributed by atoms with E-state index in [1.54, 1.807) is 6.07 Å². The monoisotopic (exact) mass is 294 g/mol. The van der Waals surface area contributed by atoms with Crippen LogP contribution in [0.4, 0.5) is 14.5 Å². The molecule has 1 saturated carbocycles. The summed E-state index contributed by atoms with van der Waals surface area (Å²) >= 11 is 0. The predicted octanol–water partition coefficient (Wildman–Crippen LogP) is 3.71. The third kappa shape index (κ3) is 3.20. The maximum absolute atomic E-state index is 13.5. The van der Waals surface area contributed by atoms with Gasteiger partial charge in [0.15, 0.2) is 11.6 Å². The van der Waals surface area contributed by atoms with E-state index in [0.29, 0.717) is 12.1 Å². The number of nitrogens with zero attached hydrogens (tertiary/aromatic N) is 1. The van der Waals surface area contributed by atoms with Crippen molar-refractivity contribution >= 4 is 5.69 Å². The van der Waals surface area contributed by atoms with Crippen molar-refractivity contribution in [2.24, 2.45) is 5.92 Å². The molecule has 0 amide bonds. The van der Waals surface area contributed by atoms with Crippen LogP contribution in [0, 0.1) is 17.6 Å². The lowest BCUT2D eigenvalue weighted by Crippen LogP contribution is -2.58. The molecule has 1 aromatic rings. The number of rotatable bonds is 2. The molecule has 0 radical (unpaired) electrons. The fourth-order valence-electron chi connectivity index (χ4n) is 3.76. The average molecular weight is 294 g/mol. The van der Waals surface area contributed by atoms with Crippen LogP contribution in [0.25, 0.3) is 0 Å². The van der Waals surface area contributed by atoms with Gasteiger partial charge < -0.3 is 10.2 Å². The molecular weight excluding hydrogens is 270 g/mol. The van der Waals surface area contributed by atoms with Crippen LogP contribution in [-0.2, 0) is 0 Å². The Bertz CT molecular complexity index is 486. The Morgan fingerprint density at radius 2 is 1.86 bits per heavy atom. The van der Waals surface area contributed by atoms with Gasteiger partial charge in [-0.1, -0.05) is 19.3 Å². The van der Waals surface area contributed by atoms with Crippen LogP contribution in [0.15, 0.2) is 18.2 Å². The van der Waals surface area contributed by atoms with E-state index in [4.69, 9.17) is 0 Å². The molecule has 1 aliphatic carbocycles. The van der Waals surface area contributed by atoms with Crippen LogP contribution in [0.2, 0.25) is 0 Å². The molecule has 1 aliphatic heterocycles. The predicted molar refractivity (Wildman–Crippen MR) is 81.5 cm³/mol. The molecule has 1 heterocycles. The van der Waals surface area contributed by atoms with E-state index in [9.17, 15) is 8.78 Å². The molecule has 116 valence electrons. The Morgan fingerprint density at radius 1 is 1.10 bits per heavy atom. The highest BCUT2D eigenvalue weighted by Gasteiger charge is 2.31. The maximum atomic E-state index is 13.5. The minimum Gasteiger partial charge on any atom is -0.366 e. The summed E-state index contributed by atoms with van der Waals surface area (Å²) in [5.74, 6) is -0.808. The third-order valence-electron chi connectivity index (χ3n) is 5.05. The highest BCUT2D eigenvalue weighted by molar-refractivity contribution is 5.48. The van der Waals surface area contributed by atoms with Gasteiger partial charge in [-0.15, -0.1) is 0 Å². The van der Waals surface area contributed by atoms with Crippen molar-refractivity contribution in [3.63, 3.8) is 0 Å². The molecule has 1 N–H and O–H groups in total. The smallest absolute Gasteiger partial charge is 0.160 e. The minimum atomic E-state index is -0.773.